The number of hydrogen-bond donors (Lipinski definition) is 0. The molecule has 10 aromatic rings. The summed E-state index contributed by atoms with van der Waals surface area (Å²) in [6.07, 6.45) is 0. The molecule has 0 spiro atoms. The average Bonchev–Trinajstić information content (AvgIpc) is 3.77. The number of furan rings is 1. The molecule has 264 valence electrons. The van der Waals surface area contributed by atoms with Gasteiger partial charge < -0.3 is 9.32 Å². The second-order valence-electron chi connectivity index (χ2n) is 15.0. The summed E-state index contributed by atoms with van der Waals surface area (Å²) in [6.45, 7) is 2.35. The molecular weight excluding hydrogens is 679 g/mol. The fourth-order valence-electron chi connectivity index (χ4n) is 9.21. The predicted octanol–water partition coefficient (Wildman–Crippen LogP) is 14.9. The van der Waals surface area contributed by atoms with Gasteiger partial charge in [0.1, 0.15) is 11.2 Å². The topological polar surface area (TPSA) is 16.4 Å². The van der Waals surface area contributed by atoms with Gasteiger partial charge >= 0.3 is 0 Å². The van der Waals surface area contributed by atoms with Crippen molar-refractivity contribution in [3.05, 3.63) is 223 Å². The van der Waals surface area contributed by atoms with Gasteiger partial charge in [0, 0.05) is 44.9 Å². The van der Waals surface area contributed by atoms with E-state index in [1.165, 1.54) is 60.8 Å². The first-order valence-electron chi connectivity index (χ1n) is 19.3. The van der Waals surface area contributed by atoms with Crippen molar-refractivity contribution in [3.8, 4) is 33.4 Å². The van der Waals surface area contributed by atoms with Crippen LogP contribution in [0.15, 0.2) is 211 Å². The van der Waals surface area contributed by atoms with E-state index in [1.807, 2.05) is 0 Å². The van der Waals surface area contributed by atoms with Crippen molar-refractivity contribution in [2.45, 2.75) is 12.3 Å². The zero-order valence-electron chi connectivity index (χ0n) is 31.0. The van der Waals surface area contributed by atoms with E-state index in [0.717, 1.165) is 39.0 Å². The summed E-state index contributed by atoms with van der Waals surface area (Å²) in [5, 5.41) is 4.74. The smallest absolute Gasteiger partial charge is 0.139 e. The molecule has 0 atom stereocenters. The molecule has 0 saturated carbocycles. The van der Waals surface area contributed by atoms with Crippen molar-refractivity contribution in [1.29, 1.82) is 0 Å². The molecule has 56 heavy (non-hydrogen) atoms. The molecule has 0 N–H and O–H groups in total. The Kier molecular flexibility index (Phi) is 7.33. The van der Waals surface area contributed by atoms with Crippen LogP contribution in [0.4, 0.5) is 17.1 Å². The second-order valence-corrected chi connectivity index (χ2v) is 15.0. The molecule has 0 aliphatic heterocycles. The van der Waals surface area contributed by atoms with Gasteiger partial charge in [-0.25, -0.2) is 0 Å². The van der Waals surface area contributed by atoms with E-state index in [2.05, 4.69) is 218 Å². The van der Waals surface area contributed by atoms with Crippen molar-refractivity contribution in [1.82, 2.24) is 0 Å². The van der Waals surface area contributed by atoms with E-state index in [9.17, 15) is 0 Å². The van der Waals surface area contributed by atoms with Crippen LogP contribution in [0, 0.1) is 0 Å². The molecule has 11 rings (SSSR count). The summed E-state index contributed by atoms with van der Waals surface area (Å²) in [7, 11) is 0. The summed E-state index contributed by atoms with van der Waals surface area (Å²) in [4.78, 5) is 2.33. The molecule has 1 heterocycles. The molecule has 9 aromatic carbocycles. The van der Waals surface area contributed by atoms with Crippen LogP contribution in [0.2, 0.25) is 0 Å². The number of nitrogens with zero attached hydrogens (tertiary/aromatic N) is 1. The van der Waals surface area contributed by atoms with E-state index < -0.39 is 0 Å². The van der Waals surface area contributed by atoms with Crippen LogP contribution in [-0.2, 0) is 5.41 Å². The fourth-order valence-corrected chi connectivity index (χ4v) is 9.21. The van der Waals surface area contributed by atoms with Gasteiger partial charge in [-0.15, -0.1) is 0 Å². The molecule has 0 amide bonds. The average molecular weight is 716 g/mol. The van der Waals surface area contributed by atoms with Gasteiger partial charge in [-0.1, -0.05) is 164 Å². The van der Waals surface area contributed by atoms with E-state index in [1.54, 1.807) is 0 Å². The lowest BCUT2D eigenvalue weighted by Gasteiger charge is -2.28. The normalized spacial score (nSPS) is 12.9. The minimum Gasteiger partial charge on any atom is -0.456 e. The first kappa shape index (κ1) is 32.3. The molecule has 2 nitrogen and oxygen atoms in total. The molecule has 2 heteroatoms. The van der Waals surface area contributed by atoms with Crippen LogP contribution in [0.3, 0.4) is 0 Å². The maximum absolute atomic E-state index is 7.02. The maximum Gasteiger partial charge on any atom is 0.139 e. The quantitative estimate of drug-likeness (QED) is 0.170. The van der Waals surface area contributed by atoms with Crippen LogP contribution in [0.1, 0.15) is 23.6 Å². The Balaban J connectivity index is 1.05. The number of benzene rings is 9. The summed E-state index contributed by atoms with van der Waals surface area (Å²) >= 11 is 0. The summed E-state index contributed by atoms with van der Waals surface area (Å²) in [6, 6.07) is 74.5. The highest BCUT2D eigenvalue weighted by Crippen LogP contribution is 2.54. The highest BCUT2D eigenvalue weighted by molar-refractivity contribution is 6.08. The number of fused-ring (bicyclic) bond motifs is 7. The number of rotatable bonds is 6. The third-order valence-corrected chi connectivity index (χ3v) is 12.0. The van der Waals surface area contributed by atoms with Crippen LogP contribution < -0.4 is 4.90 Å². The third-order valence-electron chi connectivity index (χ3n) is 12.0. The maximum atomic E-state index is 7.02. The number of hydrogen-bond acceptors (Lipinski definition) is 2. The molecule has 0 bridgehead atoms. The van der Waals surface area contributed by atoms with Crippen molar-refractivity contribution in [2.24, 2.45) is 0 Å². The summed E-state index contributed by atoms with van der Waals surface area (Å²) in [5.74, 6) is 0. The molecule has 0 radical (unpaired) electrons. The predicted molar refractivity (Wildman–Crippen MR) is 234 cm³/mol. The lowest BCUT2D eigenvalue weighted by atomic mass is 9.74. The minimum absolute atomic E-state index is 0.359. The van der Waals surface area contributed by atoms with Crippen molar-refractivity contribution in [2.75, 3.05) is 4.90 Å². The lowest BCUT2D eigenvalue weighted by Crippen LogP contribution is -2.22. The van der Waals surface area contributed by atoms with Crippen LogP contribution in [0.5, 0.6) is 0 Å². The Labute approximate surface area is 326 Å². The SMILES string of the molecule is CC1(c2cccc3c2oc2cc(N(c4ccc(-c5ccccc5)cc4)c4ccc(-c5cccc6ccccc56)cc4)ccc23)c2ccccc2-c2ccccc21. The van der Waals surface area contributed by atoms with Gasteiger partial charge in [0.2, 0.25) is 0 Å². The molecule has 0 unspecified atom stereocenters. The van der Waals surface area contributed by atoms with Gasteiger partial charge in [-0.2, -0.15) is 0 Å². The van der Waals surface area contributed by atoms with E-state index in [4.69, 9.17) is 4.42 Å². The van der Waals surface area contributed by atoms with Crippen LogP contribution in [-0.4, -0.2) is 0 Å². The third kappa shape index (κ3) is 4.96. The Hall–Kier alpha value is -7.16. The van der Waals surface area contributed by atoms with Crippen molar-refractivity contribution >= 4 is 49.8 Å². The largest absolute Gasteiger partial charge is 0.456 e. The van der Waals surface area contributed by atoms with Gasteiger partial charge in [-0.05, 0) is 98.6 Å². The fraction of sp³-hybridized carbons (Fsp3) is 0.0370. The minimum atomic E-state index is -0.359. The Morgan fingerprint density at radius 3 is 1.62 bits per heavy atom. The van der Waals surface area contributed by atoms with Crippen molar-refractivity contribution < 1.29 is 4.42 Å². The van der Waals surface area contributed by atoms with Gasteiger partial charge in [0.25, 0.3) is 0 Å². The van der Waals surface area contributed by atoms with E-state index in [-0.39, 0.29) is 5.41 Å². The van der Waals surface area contributed by atoms with Crippen LogP contribution in [0.25, 0.3) is 66.1 Å². The van der Waals surface area contributed by atoms with E-state index >= 15 is 0 Å². The molecular formula is C54H37NO. The number of para-hydroxylation sites is 1. The van der Waals surface area contributed by atoms with Gasteiger partial charge in [0.05, 0.1) is 0 Å². The molecule has 1 aliphatic rings. The first-order valence-corrected chi connectivity index (χ1v) is 19.3. The Bertz CT molecular complexity index is 3030. The Morgan fingerprint density at radius 2 is 0.893 bits per heavy atom. The summed E-state index contributed by atoms with van der Waals surface area (Å²) < 4.78 is 7.02. The van der Waals surface area contributed by atoms with Crippen LogP contribution >= 0.6 is 0 Å². The summed E-state index contributed by atoms with van der Waals surface area (Å²) in [5.41, 5.74) is 15.8. The lowest BCUT2D eigenvalue weighted by molar-refractivity contribution is 0.638. The highest BCUT2D eigenvalue weighted by atomic mass is 16.3. The van der Waals surface area contributed by atoms with Gasteiger partial charge in [-0.3, -0.25) is 0 Å². The molecule has 0 saturated heterocycles. The zero-order chi connectivity index (χ0) is 37.2. The van der Waals surface area contributed by atoms with E-state index in [0.29, 0.717) is 0 Å². The molecule has 1 aromatic heterocycles. The van der Waals surface area contributed by atoms with Gasteiger partial charge in [0.15, 0.2) is 0 Å². The zero-order valence-corrected chi connectivity index (χ0v) is 31.0. The monoisotopic (exact) mass is 715 g/mol. The second kappa shape index (κ2) is 12.7. The first-order chi connectivity index (χ1) is 27.6. The molecule has 1 aliphatic carbocycles. The Morgan fingerprint density at radius 1 is 0.375 bits per heavy atom. The number of anilines is 3. The standard InChI is InChI=1S/C54H37NO/c1-54(49-22-9-7-18-45(49)46-19-8-10-23-50(46)54)51-24-12-21-48-47-34-33-42(35-52(47)56-53(48)51)55(40-29-25-37(26-30-40)36-13-3-2-4-14-36)41-31-27-39(28-32-41)44-20-11-16-38-15-5-6-17-43(38)44/h2-35H,1H3. The molecule has 0 fully saturated rings. The highest BCUT2D eigenvalue weighted by Gasteiger charge is 2.42. The van der Waals surface area contributed by atoms with Crippen molar-refractivity contribution in [3.63, 3.8) is 0 Å².